The number of nitrogens with zero attached hydrogens (tertiary/aromatic N) is 4. The van der Waals surface area contributed by atoms with Gasteiger partial charge in [0.2, 0.25) is 0 Å². The number of nitrogens with two attached hydrogens (primary N) is 1. The Morgan fingerprint density at radius 2 is 1.88 bits per heavy atom. The SMILES string of the molecule is CC1=C(C2C=CC=CC2)C(c2ccc(C3(N)CC(C)(O)C3)cc2)=NC2C1C=Nc1cc(C)nn12. The molecule has 3 atom stereocenters. The van der Waals surface area contributed by atoms with E-state index in [1.165, 1.54) is 11.1 Å². The zero-order valence-electron chi connectivity index (χ0n) is 19.9. The Labute approximate surface area is 200 Å². The molecule has 2 aromatic rings. The van der Waals surface area contributed by atoms with E-state index in [0.717, 1.165) is 34.8 Å². The van der Waals surface area contributed by atoms with Crippen LogP contribution in [0.5, 0.6) is 0 Å². The van der Waals surface area contributed by atoms with Gasteiger partial charge in [-0.3, -0.25) is 4.99 Å². The van der Waals surface area contributed by atoms with Gasteiger partial charge in [-0.25, -0.2) is 9.67 Å². The molecule has 34 heavy (non-hydrogen) atoms. The smallest absolute Gasteiger partial charge is 0.156 e. The molecular formula is C28H31N5O. The van der Waals surface area contributed by atoms with E-state index in [-0.39, 0.29) is 18.0 Å². The van der Waals surface area contributed by atoms with E-state index in [4.69, 9.17) is 20.8 Å². The first-order valence-electron chi connectivity index (χ1n) is 12.1. The maximum atomic E-state index is 10.2. The van der Waals surface area contributed by atoms with E-state index in [0.29, 0.717) is 12.8 Å². The first-order chi connectivity index (χ1) is 16.2. The molecule has 2 aliphatic heterocycles. The van der Waals surface area contributed by atoms with Crippen molar-refractivity contribution < 1.29 is 5.11 Å². The molecule has 2 aliphatic carbocycles. The van der Waals surface area contributed by atoms with Gasteiger partial charge in [0.25, 0.3) is 0 Å². The Morgan fingerprint density at radius 1 is 1.12 bits per heavy atom. The normalized spacial score (nSPS) is 33.9. The molecule has 1 fully saturated rings. The van der Waals surface area contributed by atoms with Crippen molar-refractivity contribution in [1.29, 1.82) is 0 Å². The Bertz CT molecular complexity index is 1300. The van der Waals surface area contributed by atoms with E-state index < -0.39 is 11.1 Å². The van der Waals surface area contributed by atoms with Crippen LogP contribution < -0.4 is 5.73 Å². The largest absolute Gasteiger partial charge is 0.390 e. The molecule has 174 valence electrons. The molecule has 6 rings (SSSR count). The van der Waals surface area contributed by atoms with Gasteiger partial charge in [-0.15, -0.1) is 0 Å². The molecule has 1 saturated carbocycles. The predicted molar refractivity (Wildman–Crippen MR) is 135 cm³/mol. The number of rotatable bonds is 3. The lowest BCUT2D eigenvalue weighted by Gasteiger charge is -2.49. The van der Waals surface area contributed by atoms with Crippen molar-refractivity contribution in [3.63, 3.8) is 0 Å². The summed E-state index contributed by atoms with van der Waals surface area (Å²) in [7, 11) is 0. The minimum Gasteiger partial charge on any atom is -0.390 e. The third kappa shape index (κ3) is 3.36. The van der Waals surface area contributed by atoms with Crippen LogP contribution in [0.15, 0.2) is 75.8 Å². The third-order valence-corrected chi connectivity index (χ3v) is 7.70. The van der Waals surface area contributed by atoms with Crippen molar-refractivity contribution in [3.8, 4) is 0 Å². The fraction of sp³-hybridized carbons (Fsp3) is 0.393. The molecule has 0 bridgehead atoms. The van der Waals surface area contributed by atoms with Gasteiger partial charge in [-0.2, -0.15) is 5.10 Å². The number of allylic oxidation sites excluding steroid dienone is 5. The summed E-state index contributed by atoms with van der Waals surface area (Å²) < 4.78 is 1.97. The first kappa shape index (κ1) is 21.4. The second-order valence-corrected chi connectivity index (χ2v) is 10.6. The molecule has 3 N–H and O–H groups in total. The number of benzene rings is 1. The summed E-state index contributed by atoms with van der Waals surface area (Å²) >= 11 is 0. The molecule has 0 amide bonds. The molecule has 6 nitrogen and oxygen atoms in total. The van der Waals surface area contributed by atoms with Crippen LogP contribution in [0.3, 0.4) is 0 Å². The highest BCUT2D eigenvalue weighted by atomic mass is 16.3. The average Bonchev–Trinajstić information content (AvgIpc) is 3.19. The second kappa shape index (κ2) is 7.45. The zero-order chi connectivity index (χ0) is 23.7. The molecule has 4 aliphatic rings. The molecule has 6 heteroatoms. The summed E-state index contributed by atoms with van der Waals surface area (Å²) in [6, 6.07) is 10.5. The highest BCUT2D eigenvalue weighted by molar-refractivity contribution is 6.14. The van der Waals surface area contributed by atoms with Crippen LogP contribution in [0.2, 0.25) is 0 Å². The molecule has 1 aromatic carbocycles. The molecular weight excluding hydrogens is 422 g/mol. The van der Waals surface area contributed by atoms with Crippen molar-refractivity contribution in [2.24, 2.45) is 27.6 Å². The lowest BCUT2D eigenvalue weighted by atomic mass is 9.63. The van der Waals surface area contributed by atoms with Crippen LogP contribution in [0.4, 0.5) is 5.82 Å². The number of aromatic nitrogens is 2. The van der Waals surface area contributed by atoms with Crippen LogP contribution in [-0.4, -0.2) is 32.4 Å². The monoisotopic (exact) mass is 453 g/mol. The van der Waals surface area contributed by atoms with Crippen LogP contribution in [-0.2, 0) is 5.54 Å². The van der Waals surface area contributed by atoms with Gasteiger partial charge in [0.1, 0.15) is 0 Å². The number of aryl methyl sites for hydroxylation is 1. The van der Waals surface area contributed by atoms with Gasteiger partial charge in [0, 0.05) is 29.3 Å². The van der Waals surface area contributed by atoms with Crippen molar-refractivity contribution in [3.05, 3.63) is 82.6 Å². The van der Waals surface area contributed by atoms with E-state index in [1.807, 2.05) is 30.8 Å². The summed E-state index contributed by atoms with van der Waals surface area (Å²) in [6.45, 7) is 6.07. The summed E-state index contributed by atoms with van der Waals surface area (Å²) in [6.07, 6.45) is 12.8. The Morgan fingerprint density at radius 3 is 2.56 bits per heavy atom. The van der Waals surface area contributed by atoms with Gasteiger partial charge in [-0.05, 0) is 51.2 Å². The number of aliphatic imine (C=N–C) groups is 2. The van der Waals surface area contributed by atoms with E-state index in [1.54, 1.807) is 0 Å². The molecule has 3 unspecified atom stereocenters. The number of hydrogen-bond acceptors (Lipinski definition) is 5. The number of aliphatic hydroxyl groups is 1. The average molecular weight is 454 g/mol. The number of hydrogen-bond donors (Lipinski definition) is 2. The van der Waals surface area contributed by atoms with Crippen LogP contribution in [0.25, 0.3) is 0 Å². The number of fused-ring (bicyclic) bond motifs is 3. The van der Waals surface area contributed by atoms with Crippen molar-refractivity contribution in [1.82, 2.24) is 9.78 Å². The van der Waals surface area contributed by atoms with Crippen LogP contribution >= 0.6 is 0 Å². The fourth-order valence-corrected chi connectivity index (χ4v) is 6.18. The Kier molecular flexibility index (Phi) is 4.70. The Hall–Kier alpha value is -3.09. The van der Waals surface area contributed by atoms with Gasteiger partial charge < -0.3 is 10.8 Å². The summed E-state index contributed by atoms with van der Waals surface area (Å²) in [4.78, 5) is 10.0. The second-order valence-electron chi connectivity index (χ2n) is 10.6. The molecule has 0 radical (unpaired) electrons. The van der Waals surface area contributed by atoms with E-state index in [9.17, 15) is 5.11 Å². The fourth-order valence-electron chi connectivity index (χ4n) is 6.18. The number of dihydropyridines is 1. The molecule has 0 saturated heterocycles. The minimum atomic E-state index is -0.675. The topological polar surface area (TPSA) is 88.8 Å². The highest BCUT2D eigenvalue weighted by Gasteiger charge is 2.49. The van der Waals surface area contributed by atoms with Crippen LogP contribution in [0, 0.1) is 18.8 Å². The maximum Gasteiger partial charge on any atom is 0.156 e. The molecule has 3 heterocycles. The highest BCUT2D eigenvalue weighted by Crippen LogP contribution is 2.47. The van der Waals surface area contributed by atoms with Gasteiger partial charge >= 0.3 is 0 Å². The Balaban J connectivity index is 1.43. The first-order valence-corrected chi connectivity index (χ1v) is 12.1. The third-order valence-electron chi connectivity index (χ3n) is 7.70. The lowest BCUT2D eigenvalue weighted by molar-refractivity contribution is -0.0738. The van der Waals surface area contributed by atoms with Crippen molar-refractivity contribution in [2.75, 3.05) is 0 Å². The van der Waals surface area contributed by atoms with Gasteiger partial charge in [-0.1, -0.05) is 54.1 Å². The van der Waals surface area contributed by atoms with Crippen molar-refractivity contribution >= 4 is 17.7 Å². The molecule has 0 spiro atoms. The maximum absolute atomic E-state index is 10.2. The van der Waals surface area contributed by atoms with Crippen molar-refractivity contribution in [2.45, 2.75) is 57.3 Å². The predicted octanol–water partition coefficient (Wildman–Crippen LogP) is 4.67. The van der Waals surface area contributed by atoms with E-state index in [2.05, 4.69) is 55.5 Å². The quantitative estimate of drug-likeness (QED) is 0.708. The van der Waals surface area contributed by atoms with E-state index >= 15 is 0 Å². The van der Waals surface area contributed by atoms with Gasteiger partial charge in [0.05, 0.1) is 22.9 Å². The van der Waals surface area contributed by atoms with Gasteiger partial charge in [0.15, 0.2) is 12.0 Å². The van der Waals surface area contributed by atoms with Crippen LogP contribution in [0.1, 0.15) is 56.1 Å². The zero-order valence-corrected chi connectivity index (χ0v) is 19.9. The minimum absolute atomic E-state index is 0.0913. The molecule has 1 aromatic heterocycles. The summed E-state index contributed by atoms with van der Waals surface area (Å²) in [5.41, 5.74) is 12.2. The standard InChI is InChI=1S/C28H31N5O/c1-17-13-23-30-14-22-18(2)24(19-7-5-4-6-8-19)25(31-26(22)33(23)32-17)20-9-11-21(12-10-20)28(29)15-27(3,34)16-28/h4-7,9-14,19,22,26,34H,8,15-16,29H2,1-3H3. The summed E-state index contributed by atoms with van der Waals surface area (Å²) in [5, 5.41) is 15.0. The summed E-state index contributed by atoms with van der Waals surface area (Å²) in [5.74, 6) is 1.23. The lowest BCUT2D eigenvalue weighted by Crippen LogP contribution is -2.58.